The van der Waals surface area contributed by atoms with Crippen molar-refractivity contribution in [2.45, 2.75) is 18.9 Å². The van der Waals surface area contributed by atoms with Gasteiger partial charge in [-0.15, -0.1) is 0 Å². The number of carbonyl (C=O) groups is 5. The number of amides is 5. The molecular formula is C29H33FN4O9. The Morgan fingerprint density at radius 3 is 2.35 bits per heavy atom. The Morgan fingerprint density at radius 2 is 1.65 bits per heavy atom. The maximum absolute atomic E-state index is 13.8. The molecule has 0 saturated carbocycles. The molecule has 230 valence electrons. The monoisotopic (exact) mass is 600 g/mol. The van der Waals surface area contributed by atoms with Gasteiger partial charge in [-0.05, 0) is 36.8 Å². The molecule has 0 radical (unpaired) electrons. The summed E-state index contributed by atoms with van der Waals surface area (Å²) in [6.45, 7) is 2.33. The molecule has 2 aromatic rings. The molecule has 13 nitrogen and oxygen atoms in total. The number of anilines is 1. The molecule has 1 unspecified atom stereocenters. The summed E-state index contributed by atoms with van der Waals surface area (Å²) in [5, 5.41) is 7.86. The lowest BCUT2D eigenvalue weighted by Crippen LogP contribution is -2.54. The van der Waals surface area contributed by atoms with Gasteiger partial charge < -0.3 is 29.6 Å². The molecule has 0 spiro atoms. The van der Waals surface area contributed by atoms with Crippen molar-refractivity contribution in [1.29, 1.82) is 0 Å². The van der Waals surface area contributed by atoms with E-state index < -0.39 is 41.4 Å². The quantitative estimate of drug-likeness (QED) is 0.188. The number of hydrogen-bond donors (Lipinski definition) is 3. The number of halogens is 1. The Kier molecular flexibility index (Phi) is 11.1. The standard InChI is InChI=1S/C29H33FN4O9/c1-40-18-5-6-21(30)20(17-18)26(36)32-10-12-42-14-16-43-15-13-41-11-9-31-22-4-2-3-19-25(22)29(39)34(28(19)38)23-7-8-24(35)33-27(23)37/h2-6,17,23,31H,7-16H2,1H3,(H,32,36)(H,33,35,37). The van der Waals surface area contributed by atoms with Crippen LogP contribution in [-0.2, 0) is 23.8 Å². The van der Waals surface area contributed by atoms with Gasteiger partial charge in [0.25, 0.3) is 17.7 Å². The van der Waals surface area contributed by atoms with E-state index in [1.807, 2.05) is 0 Å². The highest BCUT2D eigenvalue weighted by Gasteiger charge is 2.45. The maximum Gasteiger partial charge on any atom is 0.264 e. The van der Waals surface area contributed by atoms with Gasteiger partial charge in [0.1, 0.15) is 17.6 Å². The summed E-state index contributed by atoms with van der Waals surface area (Å²) in [5.41, 5.74) is 0.731. The molecule has 0 aliphatic carbocycles. The number of nitrogens with one attached hydrogen (secondary N) is 3. The minimum atomic E-state index is -1.02. The van der Waals surface area contributed by atoms with E-state index in [1.165, 1.54) is 31.4 Å². The first-order valence-electron chi connectivity index (χ1n) is 13.7. The molecule has 3 N–H and O–H groups in total. The molecule has 2 aliphatic rings. The number of rotatable bonds is 16. The van der Waals surface area contributed by atoms with E-state index in [0.717, 1.165) is 4.90 Å². The number of methoxy groups -OCH3 is 1. The fourth-order valence-electron chi connectivity index (χ4n) is 4.60. The second-order valence-electron chi connectivity index (χ2n) is 9.54. The zero-order chi connectivity index (χ0) is 30.8. The van der Waals surface area contributed by atoms with E-state index in [1.54, 1.807) is 12.1 Å². The largest absolute Gasteiger partial charge is 0.497 e. The van der Waals surface area contributed by atoms with Crippen molar-refractivity contribution in [3.05, 3.63) is 58.9 Å². The lowest BCUT2D eigenvalue weighted by molar-refractivity contribution is -0.136. The molecule has 4 rings (SSSR count). The Hall–Kier alpha value is -4.40. The van der Waals surface area contributed by atoms with E-state index in [-0.39, 0.29) is 42.7 Å². The van der Waals surface area contributed by atoms with E-state index in [9.17, 15) is 28.4 Å². The van der Waals surface area contributed by atoms with Gasteiger partial charge in [0, 0.05) is 25.2 Å². The van der Waals surface area contributed by atoms with Gasteiger partial charge in [-0.25, -0.2) is 4.39 Å². The molecule has 1 atom stereocenters. The van der Waals surface area contributed by atoms with Crippen LogP contribution in [0, 0.1) is 5.82 Å². The number of nitrogens with zero attached hydrogens (tertiary/aromatic N) is 1. The third-order valence-corrected chi connectivity index (χ3v) is 6.72. The fourth-order valence-corrected chi connectivity index (χ4v) is 4.60. The molecule has 1 fully saturated rings. The molecule has 2 heterocycles. The van der Waals surface area contributed by atoms with Crippen LogP contribution in [0.1, 0.15) is 43.9 Å². The van der Waals surface area contributed by atoms with Crippen LogP contribution in [0.4, 0.5) is 10.1 Å². The molecule has 2 aromatic carbocycles. The van der Waals surface area contributed by atoms with Crippen LogP contribution in [0.25, 0.3) is 0 Å². The van der Waals surface area contributed by atoms with Gasteiger partial charge in [0.05, 0.1) is 63.4 Å². The second kappa shape index (κ2) is 15.2. The number of hydrogen-bond acceptors (Lipinski definition) is 10. The van der Waals surface area contributed by atoms with Crippen LogP contribution >= 0.6 is 0 Å². The Labute approximate surface area is 247 Å². The molecular weight excluding hydrogens is 567 g/mol. The first-order valence-corrected chi connectivity index (χ1v) is 13.7. The van der Waals surface area contributed by atoms with Gasteiger partial charge >= 0.3 is 0 Å². The summed E-state index contributed by atoms with van der Waals surface area (Å²) in [5.74, 6) is -3.05. The maximum atomic E-state index is 13.8. The van der Waals surface area contributed by atoms with Crippen molar-refractivity contribution >= 4 is 35.2 Å². The van der Waals surface area contributed by atoms with Crippen molar-refractivity contribution in [1.82, 2.24) is 15.5 Å². The van der Waals surface area contributed by atoms with Crippen LogP contribution in [-0.4, -0.2) is 100 Å². The predicted molar refractivity (Wildman–Crippen MR) is 149 cm³/mol. The van der Waals surface area contributed by atoms with E-state index >= 15 is 0 Å². The number of benzene rings is 2. The number of fused-ring (bicyclic) bond motifs is 1. The number of ether oxygens (including phenoxy) is 4. The van der Waals surface area contributed by atoms with Gasteiger partial charge in [-0.1, -0.05) is 6.07 Å². The smallest absolute Gasteiger partial charge is 0.264 e. The summed E-state index contributed by atoms with van der Waals surface area (Å²) in [7, 11) is 1.43. The molecule has 2 aliphatic heterocycles. The lowest BCUT2D eigenvalue weighted by atomic mass is 10.0. The molecule has 0 aromatic heterocycles. The summed E-state index contributed by atoms with van der Waals surface area (Å²) in [6.07, 6.45) is 0.143. The zero-order valence-corrected chi connectivity index (χ0v) is 23.6. The predicted octanol–water partition coefficient (Wildman–Crippen LogP) is 1.13. The minimum Gasteiger partial charge on any atom is -0.497 e. The van der Waals surface area contributed by atoms with Crippen LogP contribution in [0.2, 0.25) is 0 Å². The second-order valence-corrected chi connectivity index (χ2v) is 9.54. The highest BCUT2D eigenvalue weighted by molar-refractivity contribution is 6.25. The summed E-state index contributed by atoms with van der Waals surface area (Å²) in [6, 6.07) is 7.75. The number of piperidine rings is 1. The average Bonchev–Trinajstić information content (AvgIpc) is 3.25. The summed E-state index contributed by atoms with van der Waals surface area (Å²) < 4.78 is 35.2. The van der Waals surface area contributed by atoms with Crippen LogP contribution in [0.3, 0.4) is 0 Å². The molecule has 1 saturated heterocycles. The van der Waals surface area contributed by atoms with E-state index in [4.69, 9.17) is 18.9 Å². The number of carbonyl (C=O) groups excluding carboxylic acids is 5. The van der Waals surface area contributed by atoms with E-state index in [0.29, 0.717) is 51.0 Å². The first kappa shape index (κ1) is 31.5. The van der Waals surface area contributed by atoms with Gasteiger partial charge in [0.15, 0.2) is 0 Å². The Balaban J connectivity index is 1.06. The molecule has 0 bridgehead atoms. The minimum absolute atomic E-state index is 0.0533. The molecule has 5 amide bonds. The van der Waals surface area contributed by atoms with Crippen molar-refractivity contribution < 1.29 is 47.3 Å². The van der Waals surface area contributed by atoms with Crippen molar-refractivity contribution in [3.63, 3.8) is 0 Å². The first-order chi connectivity index (χ1) is 20.8. The highest BCUT2D eigenvalue weighted by Crippen LogP contribution is 2.32. The number of imide groups is 2. The topological polar surface area (TPSA) is 162 Å². The van der Waals surface area contributed by atoms with Crippen LogP contribution < -0.4 is 20.7 Å². The Bertz CT molecular complexity index is 1370. The molecule has 14 heteroatoms. The zero-order valence-electron chi connectivity index (χ0n) is 23.6. The van der Waals surface area contributed by atoms with Crippen molar-refractivity contribution in [2.24, 2.45) is 0 Å². The van der Waals surface area contributed by atoms with Gasteiger partial charge in [0.2, 0.25) is 11.8 Å². The normalized spacial score (nSPS) is 16.2. The van der Waals surface area contributed by atoms with Crippen LogP contribution in [0.15, 0.2) is 36.4 Å². The van der Waals surface area contributed by atoms with Crippen molar-refractivity contribution in [3.8, 4) is 5.75 Å². The lowest BCUT2D eigenvalue weighted by Gasteiger charge is -2.27. The highest BCUT2D eigenvalue weighted by atomic mass is 19.1. The SMILES string of the molecule is COc1ccc(F)c(C(=O)NCCOCCOCCOCCNc2cccc3c2C(=O)N(C2CCC(=O)NC2=O)C3=O)c1. The summed E-state index contributed by atoms with van der Waals surface area (Å²) >= 11 is 0. The fraction of sp³-hybridized carbons (Fsp3) is 0.414. The third-order valence-electron chi connectivity index (χ3n) is 6.72. The summed E-state index contributed by atoms with van der Waals surface area (Å²) in [4.78, 5) is 62.8. The van der Waals surface area contributed by atoms with Gasteiger partial charge in [-0.3, -0.25) is 34.2 Å². The van der Waals surface area contributed by atoms with Crippen LogP contribution in [0.5, 0.6) is 5.75 Å². The van der Waals surface area contributed by atoms with Gasteiger partial charge in [-0.2, -0.15) is 0 Å². The molecule has 43 heavy (non-hydrogen) atoms. The Morgan fingerprint density at radius 1 is 0.953 bits per heavy atom. The average molecular weight is 601 g/mol. The van der Waals surface area contributed by atoms with E-state index in [2.05, 4.69) is 16.0 Å². The third kappa shape index (κ3) is 7.91. The van der Waals surface area contributed by atoms with Crippen molar-refractivity contribution in [2.75, 3.05) is 65.2 Å².